The summed E-state index contributed by atoms with van der Waals surface area (Å²) in [4.78, 5) is 26.2. The molecule has 1 fully saturated rings. The molecule has 0 bridgehead atoms. The Balaban J connectivity index is 2.54. The molecule has 0 aliphatic carbocycles. The number of amides is 2. The topological polar surface area (TPSA) is 40.6 Å². The predicted octanol–water partition coefficient (Wildman–Crippen LogP) is 0.723. The molecule has 0 N–H and O–H groups in total. The van der Waals surface area contributed by atoms with Gasteiger partial charge >= 0.3 is 0 Å². The maximum atomic E-state index is 12.0. The summed E-state index contributed by atoms with van der Waals surface area (Å²) in [5.74, 6) is 0.218. The molecule has 0 spiro atoms. The second-order valence-electron chi connectivity index (χ2n) is 3.95. The zero-order valence-corrected chi connectivity index (χ0v) is 9.61. The third-order valence-corrected chi connectivity index (χ3v) is 3.03. The summed E-state index contributed by atoms with van der Waals surface area (Å²) >= 11 is 0. The van der Waals surface area contributed by atoms with Crippen molar-refractivity contribution in [3.05, 3.63) is 0 Å². The third-order valence-electron chi connectivity index (χ3n) is 3.03. The summed E-state index contributed by atoms with van der Waals surface area (Å²) in [7, 11) is 0. The van der Waals surface area contributed by atoms with Gasteiger partial charge in [-0.3, -0.25) is 9.59 Å². The summed E-state index contributed by atoms with van der Waals surface area (Å²) in [6, 6.07) is 0. The van der Waals surface area contributed by atoms with Crippen LogP contribution in [0.4, 0.5) is 0 Å². The Bertz CT molecular complexity index is 227. The highest BCUT2D eigenvalue weighted by Crippen LogP contribution is 2.17. The van der Waals surface area contributed by atoms with E-state index in [9.17, 15) is 9.59 Å². The summed E-state index contributed by atoms with van der Waals surface area (Å²) in [5.41, 5.74) is 0. The predicted molar refractivity (Wildman–Crippen MR) is 58.3 cm³/mol. The molecule has 1 unspecified atom stereocenters. The van der Waals surface area contributed by atoms with Crippen LogP contribution in [0.5, 0.6) is 0 Å². The van der Waals surface area contributed by atoms with E-state index in [1.807, 2.05) is 18.7 Å². The first-order valence-electron chi connectivity index (χ1n) is 5.71. The summed E-state index contributed by atoms with van der Waals surface area (Å²) in [5, 5.41) is 0. The maximum absolute atomic E-state index is 12.0. The molecule has 1 saturated heterocycles. The van der Waals surface area contributed by atoms with E-state index in [1.165, 1.54) is 0 Å². The molecule has 4 heteroatoms. The number of hydrogen-bond acceptors (Lipinski definition) is 2. The van der Waals surface area contributed by atoms with E-state index >= 15 is 0 Å². The van der Waals surface area contributed by atoms with Gasteiger partial charge in [-0.25, -0.2) is 0 Å². The number of likely N-dealkylation sites (tertiary alicyclic amines) is 1. The lowest BCUT2D eigenvalue weighted by Crippen LogP contribution is -2.44. The Morgan fingerprint density at radius 1 is 1.47 bits per heavy atom. The first-order valence-corrected chi connectivity index (χ1v) is 5.71. The number of hydrogen-bond donors (Lipinski definition) is 0. The van der Waals surface area contributed by atoms with Crippen LogP contribution in [0.3, 0.4) is 0 Å². The Labute approximate surface area is 91.2 Å². The van der Waals surface area contributed by atoms with Gasteiger partial charge in [0.15, 0.2) is 0 Å². The summed E-state index contributed by atoms with van der Waals surface area (Å²) in [6.45, 7) is 6.88. The second-order valence-corrected chi connectivity index (χ2v) is 3.95. The van der Waals surface area contributed by atoms with E-state index in [0.29, 0.717) is 6.54 Å². The van der Waals surface area contributed by atoms with E-state index in [4.69, 9.17) is 0 Å². The smallest absolute Gasteiger partial charge is 0.227 e. The lowest BCUT2D eigenvalue weighted by atomic mass is 9.97. The van der Waals surface area contributed by atoms with Crippen molar-refractivity contribution in [3.8, 4) is 0 Å². The van der Waals surface area contributed by atoms with Gasteiger partial charge < -0.3 is 9.80 Å². The van der Waals surface area contributed by atoms with Crippen molar-refractivity contribution >= 4 is 12.3 Å². The van der Waals surface area contributed by atoms with Gasteiger partial charge in [0.2, 0.25) is 12.3 Å². The maximum Gasteiger partial charge on any atom is 0.227 e. The molecule has 1 aliphatic heterocycles. The van der Waals surface area contributed by atoms with Crippen LogP contribution in [0.2, 0.25) is 0 Å². The highest BCUT2D eigenvalue weighted by atomic mass is 16.2. The normalized spacial score (nSPS) is 21.2. The standard InChI is InChI=1S/C11H20N2O2/c1-3-13(4-2)11(15)10-6-5-7-12(8-10)9-14/h9-10H,3-8H2,1-2H3. The average molecular weight is 212 g/mol. The molecular weight excluding hydrogens is 192 g/mol. The van der Waals surface area contributed by atoms with Gasteiger partial charge in [0.1, 0.15) is 0 Å². The molecule has 0 aromatic rings. The first kappa shape index (κ1) is 12.0. The van der Waals surface area contributed by atoms with Crippen LogP contribution in [0.1, 0.15) is 26.7 Å². The molecule has 1 heterocycles. The van der Waals surface area contributed by atoms with Crippen molar-refractivity contribution in [2.24, 2.45) is 5.92 Å². The summed E-state index contributed by atoms with van der Waals surface area (Å²) in [6.07, 6.45) is 2.71. The van der Waals surface area contributed by atoms with E-state index in [-0.39, 0.29) is 11.8 Å². The zero-order valence-electron chi connectivity index (χ0n) is 9.61. The quantitative estimate of drug-likeness (QED) is 0.644. The number of rotatable bonds is 4. The molecule has 1 rings (SSSR count). The van der Waals surface area contributed by atoms with E-state index in [0.717, 1.165) is 38.9 Å². The van der Waals surface area contributed by atoms with Gasteiger partial charge in [-0.05, 0) is 26.7 Å². The molecule has 1 aliphatic rings. The molecule has 86 valence electrons. The van der Waals surface area contributed by atoms with Crippen LogP contribution in [0.25, 0.3) is 0 Å². The van der Waals surface area contributed by atoms with E-state index in [2.05, 4.69) is 0 Å². The average Bonchev–Trinajstić information content (AvgIpc) is 2.30. The van der Waals surface area contributed by atoms with E-state index in [1.54, 1.807) is 4.90 Å². The number of carbonyl (C=O) groups is 2. The highest BCUT2D eigenvalue weighted by molar-refractivity contribution is 5.79. The van der Waals surface area contributed by atoms with Crippen LogP contribution in [0.15, 0.2) is 0 Å². The fraction of sp³-hybridized carbons (Fsp3) is 0.818. The van der Waals surface area contributed by atoms with Gasteiger partial charge in [0.05, 0.1) is 5.92 Å². The molecule has 2 amide bonds. The van der Waals surface area contributed by atoms with Crippen molar-refractivity contribution in [1.82, 2.24) is 9.80 Å². The summed E-state index contributed by atoms with van der Waals surface area (Å²) < 4.78 is 0. The van der Waals surface area contributed by atoms with Crippen LogP contribution in [0, 0.1) is 5.92 Å². The molecule has 1 atom stereocenters. The van der Waals surface area contributed by atoms with Crippen molar-refractivity contribution in [2.45, 2.75) is 26.7 Å². The van der Waals surface area contributed by atoms with Gasteiger partial charge in [-0.2, -0.15) is 0 Å². The largest absolute Gasteiger partial charge is 0.344 e. The molecular formula is C11H20N2O2. The monoisotopic (exact) mass is 212 g/mol. The first-order chi connectivity index (χ1) is 7.22. The fourth-order valence-corrected chi connectivity index (χ4v) is 2.10. The number of nitrogens with zero attached hydrogens (tertiary/aromatic N) is 2. The minimum absolute atomic E-state index is 0.0175. The minimum Gasteiger partial charge on any atom is -0.344 e. The molecule has 0 aromatic carbocycles. The molecule has 0 saturated carbocycles. The Morgan fingerprint density at radius 3 is 2.67 bits per heavy atom. The van der Waals surface area contributed by atoms with Crippen LogP contribution in [-0.4, -0.2) is 48.3 Å². The van der Waals surface area contributed by atoms with Crippen molar-refractivity contribution < 1.29 is 9.59 Å². The van der Waals surface area contributed by atoms with Gasteiger partial charge in [0.25, 0.3) is 0 Å². The second kappa shape index (κ2) is 5.73. The van der Waals surface area contributed by atoms with Gasteiger partial charge in [0, 0.05) is 26.2 Å². The van der Waals surface area contributed by atoms with Crippen molar-refractivity contribution in [1.29, 1.82) is 0 Å². The number of piperidine rings is 1. The van der Waals surface area contributed by atoms with Crippen molar-refractivity contribution in [2.75, 3.05) is 26.2 Å². The van der Waals surface area contributed by atoms with E-state index < -0.39 is 0 Å². The minimum atomic E-state index is 0.0175. The molecule has 4 nitrogen and oxygen atoms in total. The molecule has 0 radical (unpaired) electrons. The Hall–Kier alpha value is -1.06. The molecule has 0 aromatic heterocycles. The Morgan fingerprint density at radius 2 is 2.13 bits per heavy atom. The lowest BCUT2D eigenvalue weighted by molar-refractivity contribution is -0.137. The van der Waals surface area contributed by atoms with Crippen LogP contribution in [-0.2, 0) is 9.59 Å². The molecule has 15 heavy (non-hydrogen) atoms. The third kappa shape index (κ3) is 2.94. The SMILES string of the molecule is CCN(CC)C(=O)C1CCCN(C=O)C1. The van der Waals surface area contributed by atoms with Gasteiger partial charge in [-0.15, -0.1) is 0 Å². The van der Waals surface area contributed by atoms with Crippen LogP contribution < -0.4 is 0 Å². The van der Waals surface area contributed by atoms with Gasteiger partial charge in [-0.1, -0.05) is 0 Å². The Kier molecular flexibility index (Phi) is 4.59. The zero-order chi connectivity index (χ0) is 11.3. The number of carbonyl (C=O) groups excluding carboxylic acids is 2. The lowest BCUT2D eigenvalue weighted by Gasteiger charge is -2.32. The van der Waals surface area contributed by atoms with Crippen LogP contribution >= 0.6 is 0 Å². The highest BCUT2D eigenvalue weighted by Gasteiger charge is 2.27. The van der Waals surface area contributed by atoms with Crippen molar-refractivity contribution in [3.63, 3.8) is 0 Å². The fourth-order valence-electron chi connectivity index (χ4n) is 2.10.